The molecule has 3 N–H and O–H groups in total. The molecule has 2 rings (SSSR count). The fourth-order valence-electron chi connectivity index (χ4n) is 2.39. The van der Waals surface area contributed by atoms with Gasteiger partial charge in [0, 0.05) is 44.3 Å². The molecule has 1 fully saturated rings. The highest BCUT2D eigenvalue weighted by molar-refractivity contribution is 5.76. The Morgan fingerprint density at radius 3 is 2.40 bits per heavy atom. The van der Waals surface area contributed by atoms with Crippen LogP contribution in [0.5, 0.6) is 5.75 Å². The number of aromatic hydroxyl groups is 1. The first-order valence-corrected chi connectivity index (χ1v) is 7.13. The van der Waals surface area contributed by atoms with Crippen molar-refractivity contribution in [3.63, 3.8) is 0 Å². The zero-order chi connectivity index (χ0) is 14.5. The Balaban J connectivity index is 1.83. The van der Waals surface area contributed by atoms with E-state index in [-0.39, 0.29) is 17.7 Å². The van der Waals surface area contributed by atoms with Gasteiger partial charge in [0.05, 0.1) is 0 Å². The zero-order valence-electron chi connectivity index (χ0n) is 12.0. The Kier molecular flexibility index (Phi) is 4.84. The molecule has 1 aliphatic heterocycles. The summed E-state index contributed by atoms with van der Waals surface area (Å²) in [6.45, 7) is 5.08. The molecule has 0 spiro atoms. The van der Waals surface area contributed by atoms with Gasteiger partial charge in [-0.15, -0.1) is 0 Å². The van der Waals surface area contributed by atoms with E-state index in [9.17, 15) is 9.90 Å². The van der Waals surface area contributed by atoms with Crippen LogP contribution in [0.2, 0.25) is 0 Å². The van der Waals surface area contributed by atoms with E-state index in [1.165, 1.54) is 0 Å². The summed E-state index contributed by atoms with van der Waals surface area (Å²) >= 11 is 0. The topological polar surface area (TPSA) is 69.8 Å². The first-order chi connectivity index (χ1) is 9.56. The van der Waals surface area contributed by atoms with E-state index < -0.39 is 0 Å². The van der Waals surface area contributed by atoms with Crippen molar-refractivity contribution in [2.24, 2.45) is 5.73 Å². The van der Waals surface area contributed by atoms with Crippen molar-refractivity contribution in [1.29, 1.82) is 0 Å². The molecule has 1 heterocycles. The van der Waals surface area contributed by atoms with E-state index in [2.05, 4.69) is 4.90 Å². The SMILES string of the molecule is CC(N)CCC(=O)N1CCN(c2ccc(O)cc2)CC1. The summed E-state index contributed by atoms with van der Waals surface area (Å²) < 4.78 is 0. The molecule has 1 aliphatic rings. The standard InChI is InChI=1S/C15H23N3O2/c1-12(16)2-7-15(20)18-10-8-17(9-11-18)13-3-5-14(19)6-4-13/h3-6,12,19H,2,7-11,16H2,1H3. The molecule has 5 nitrogen and oxygen atoms in total. The van der Waals surface area contributed by atoms with Crippen molar-refractivity contribution in [1.82, 2.24) is 4.90 Å². The average molecular weight is 277 g/mol. The summed E-state index contributed by atoms with van der Waals surface area (Å²) in [6.07, 6.45) is 1.29. The highest BCUT2D eigenvalue weighted by Gasteiger charge is 2.21. The molecule has 1 atom stereocenters. The van der Waals surface area contributed by atoms with Crippen molar-refractivity contribution in [3.8, 4) is 5.75 Å². The second-order valence-electron chi connectivity index (χ2n) is 5.40. The minimum absolute atomic E-state index is 0.0808. The minimum atomic E-state index is 0.0808. The Hall–Kier alpha value is -1.75. The van der Waals surface area contributed by atoms with Crippen LogP contribution in [0.3, 0.4) is 0 Å². The summed E-state index contributed by atoms with van der Waals surface area (Å²) in [5.41, 5.74) is 6.77. The highest BCUT2D eigenvalue weighted by Crippen LogP contribution is 2.20. The fourth-order valence-corrected chi connectivity index (χ4v) is 2.39. The first-order valence-electron chi connectivity index (χ1n) is 7.13. The lowest BCUT2D eigenvalue weighted by atomic mass is 10.1. The van der Waals surface area contributed by atoms with Gasteiger partial charge in [-0.05, 0) is 37.6 Å². The largest absolute Gasteiger partial charge is 0.508 e. The molecule has 20 heavy (non-hydrogen) atoms. The third kappa shape index (κ3) is 3.87. The molecular weight excluding hydrogens is 254 g/mol. The summed E-state index contributed by atoms with van der Waals surface area (Å²) in [5, 5.41) is 9.29. The van der Waals surface area contributed by atoms with E-state index in [1.54, 1.807) is 12.1 Å². The summed E-state index contributed by atoms with van der Waals surface area (Å²) in [7, 11) is 0. The molecule has 0 saturated carbocycles. The molecule has 1 amide bonds. The Morgan fingerprint density at radius 2 is 1.85 bits per heavy atom. The van der Waals surface area contributed by atoms with Gasteiger partial charge in [0.1, 0.15) is 5.75 Å². The van der Waals surface area contributed by atoms with Crippen LogP contribution in [0.25, 0.3) is 0 Å². The lowest BCUT2D eigenvalue weighted by Crippen LogP contribution is -2.48. The van der Waals surface area contributed by atoms with Crippen molar-refractivity contribution >= 4 is 11.6 Å². The van der Waals surface area contributed by atoms with Gasteiger partial charge in [-0.3, -0.25) is 4.79 Å². The predicted octanol–water partition coefficient (Wildman–Crippen LogP) is 1.17. The van der Waals surface area contributed by atoms with E-state index in [4.69, 9.17) is 5.73 Å². The maximum atomic E-state index is 12.0. The second-order valence-corrected chi connectivity index (χ2v) is 5.40. The number of phenols is 1. The summed E-state index contributed by atoms with van der Waals surface area (Å²) in [6, 6.07) is 7.27. The van der Waals surface area contributed by atoms with Crippen LogP contribution in [0.1, 0.15) is 19.8 Å². The molecule has 1 saturated heterocycles. The van der Waals surface area contributed by atoms with Gasteiger partial charge in [-0.1, -0.05) is 0 Å². The monoisotopic (exact) mass is 277 g/mol. The van der Waals surface area contributed by atoms with E-state index in [0.29, 0.717) is 6.42 Å². The number of nitrogens with two attached hydrogens (primary N) is 1. The number of carbonyl (C=O) groups is 1. The van der Waals surface area contributed by atoms with Crippen LogP contribution in [0.15, 0.2) is 24.3 Å². The number of hydrogen-bond acceptors (Lipinski definition) is 4. The molecule has 0 aromatic heterocycles. The van der Waals surface area contributed by atoms with Gasteiger partial charge >= 0.3 is 0 Å². The van der Waals surface area contributed by atoms with E-state index in [0.717, 1.165) is 38.3 Å². The van der Waals surface area contributed by atoms with Crippen LogP contribution in [-0.4, -0.2) is 48.1 Å². The van der Waals surface area contributed by atoms with E-state index >= 15 is 0 Å². The number of piperazine rings is 1. The van der Waals surface area contributed by atoms with Gasteiger partial charge in [0.25, 0.3) is 0 Å². The van der Waals surface area contributed by atoms with Crippen molar-refractivity contribution in [2.45, 2.75) is 25.8 Å². The number of benzene rings is 1. The molecule has 110 valence electrons. The molecular formula is C15H23N3O2. The highest BCUT2D eigenvalue weighted by atomic mass is 16.3. The molecule has 0 radical (unpaired) electrons. The molecule has 1 aromatic rings. The van der Waals surface area contributed by atoms with Gasteiger partial charge in [0.2, 0.25) is 5.91 Å². The van der Waals surface area contributed by atoms with Crippen LogP contribution >= 0.6 is 0 Å². The smallest absolute Gasteiger partial charge is 0.222 e. The van der Waals surface area contributed by atoms with Crippen molar-refractivity contribution in [2.75, 3.05) is 31.1 Å². The van der Waals surface area contributed by atoms with Gasteiger partial charge in [-0.2, -0.15) is 0 Å². The Labute approximate surface area is 120 Å². The number of carbonyl (C=O) groups excluding carboxylic acids is 1. The third-order valence-corrected chi connectivity index (χ3v) is 3.66. The number of hydrogen-bond donors (Lipinski definition) is 2. The lowest BCUT2D eigenvalue weighted by Gasteiger charge is -2.36. The fraction of sp³-hybridized carbons (Fsp3) is 0.533. The summed E-state index contributed by atoms with van der Waals surface area (Å²) in [4.78, 5) is 16.2. The average Bonchev–Trinajstić information content (AvgIpc) is 2.46. The molecule has 5 heteroatoms. The van der Waals surface area contributed by atoms with Gasteiger partial charge in [0.15, 0.2) is 0 Å². The Morgan fingerprint density at radius 1 is 1.25 bits per heavy atom. The maximum Gasteiger partial charge on any atom is 0.222 e. The molecule has 0 bridgehead atoms. The number of rotatable bonds is 4. The number of phenolic OH excluding ortho intramolecular Hbond substituents is 1. The summed E-state index contributed by atoms with van der Waals surface area (Å²) in [5.74, 6) is 0.478. The van der Waals surface area contributed by atoms with Crippen LogP contribution in [0, 0.1) is 0 Å². The van der Waals surface area contributed by atoms with Gasteiger partial charge < -0.3 is 20.6 Å². The number of amides is 1. The number of anilines is 1. The third-order valence-electron chi connectivity index (χ3n) is 3.66. The minimum Gasteiger partial charge on any atom is -0.508 e. The van der Waals surface area contributed by atoms with Crippen molar-refractivity contribution in [3.05, 3.63) is 24.3 Å². The molecule has 1 aromatic carbocycles. The predicted molar refractivity (Wildman–Crippen MR) is 79.8 cm³/mol. The normalized spacial score (nSPS) is 17.1. The number of nitrogens with zero attached hydrogens (tertiary/aromatic N) is 2. The van der Waals surface area contributed by atoms with Crippen LogP contribution in [-0.2, 0) is 4.79 Å². The van der Waals surface area contributed by atoms with Crippen molar-refractivity contribution < 1.29 is 9.90 Å². The van der Waals surface area contributed by atoms with Crippen LogP contribution in [0.4, 0.5) is 5.69 Å². The quantitative estimate of drug-likeness (QED) is 0.866. The zero-order valence-corrected chi connectivity index (χ0v) is 12.0. The first kappa shape index (κ1) is 14.7. The van der Waals surface area contributed by atoms with Crippen LogP contribution < -0.4 is 10.6 Å². The maximum absolute atomic E-state index is 12.0. The van der Waals surface area contributed by atoms with Gasteiger partial charge in [-0.25, -0.2) is 0 Å². The lowest BCUT2D eigenvalue weighted by molar-refractivity contribution is -0.131. The molecule has 0 aliphatic carbocycles. The Bertz CT molecular complexity index is 437. The molecule has 1 unspecified atom stereocenters. The second kappa shape index (κ2) is 6.61. The van der Waals surface area contributed by atoms with E-state index in [1.807, 2.05) is 24.0 Å².